The highest BCUT2D eigenvalue weighted by Crippen LogP contribution is 2.29. The molecule has 180 valence electrons. The lowest BCUT2D eigenvalue weighted by atomic mass is 10.0. The number of nitrogens with zero attached hydrogens (tertiary/aromatic N) is 4. The maximum atomic E-state index is 13.5. The van der Waals surface area contributed by atoms with Gasteiger partial charge in [0, 0.05) is 49.4 Å². The highest BCUT2D eigenvalue weighted by Gasteiger charge is 2.29. The maximum absolute atomic E-state index is 13.5. The molecule has 6 nitrogen and oxygen atoms in total. The van der Waals surface area contributed by atoms with Crippen LogP contribution in [0.2, 0.25) is 0 Å². The van der Waals surface area contributed by atoms with E-state index in [1.54, 1.807) is 16.4 Å². The average molecular weight is 483 g/mol. The molecule has 0 spiro atoms. The molecular formula is C26H31FN4O2S. The number of halogens is 1. The molecule has 0 saturated carbocycles. The number of aromatic nitrogens is 2. The molecule has 0 bridgehead atoms. The van der Waals surface area contributed by atoms with Gasteiger partial charge in [-0.05, 0) is 30.5 Å². The van der Waals surface area contributed by atoms with Crippen LogP contribution < -0.4 is 4.90 Å². The highest BCUT2D eigenvalue weighted by molar-refractivity contribution is 7.89. The third-order valence-corrected chi connectivity index (χ3v) is 8.20. The van der Waals surface area contributed by atoms with Crippen LogP contribution in [0, 0.1) is 5.82 Å². The van der Waals surface area contributed by atoms with Gasteiger partial charge in [0.25, 0.3) is 0 Å². The van der Waals surface area contributed by atoms with Gasteiger partial charge in [0.2, 0.25) is 10.0 Å². The quantitative estimate of drug-likeness (QED) is 0.479. The molecule has 0 N–H and O–H groups in total. The topological polar surface area (TPSA) is 66.4 Å². The summed E-state index contributed by atoms with van der Waals surface area (Å²) in [6, 6.07) is 16.4. The van der Waals surface area contributed by atoms with Crippen LogP contribution in [0.1, 0.15) is 37.1 Å². The first-order valence-corrected chi connectivity index (χ1v) is 13.4. The third kappa shape index (κ3) is 5.45. The molecule has 8 heteroatoms. The molecule has 2 heterocycles. The predicted octanol–water partition coefficient (Wildman–Crippen LogP) is 4.30. The third-order valence-electron chi connectivity index (χ3n) is 6.13. The lowest BCUT2D eigenvalue weighted by molar-refractivity contribution is 0.383. The zero-order valence-corrected chi connectivity index (χ0v) is 20.6. The van der Waals surface area contributed by atoms with Gasteiger partial charge in [-0.25, -0.2) is 22.8 Å². The van der Waals surface area contributed by atoms with E-state index in [0.29, 0.717) is 44.8 Å². The number of piperazine rings is 1. The Labute approximate surface area is 201 Å². The molecule has 1 saturated heterocycles. The largest absolute Gasteiger partial charge is 0.354 e. The Kier molecular flexibility index (Phi) is 7.58. The summed E-state index contributed by atoms with van der Waals surface area (Å²) in [4.78, 5) is 12.0. The van der Waals surface area contributed by atoms with Crippen LogP contribution in [0.15, 0.2) is 54.6 Å². The van der Waals surface area contributed by atoms with Gasteiger partial charge in [0.1, 0.15) is 11.6 Å². The van der Waals surface area contributed by atoms with Crippen molar-refractivity contribution in [3.8, 4) is 11.4 Å². The molecule has 0 unspecified atom stereocenters. The van der Waals surface area contributed by atoms with Crippen LogP contribution in [0.25, 0.3) is 11.4 Å². The molecule has 0 atom stereocenters. The van der Waals surface area contributed by atoms with Crippen molar-refractivity contribution in [2.24, 2.45) is 0 Å². The number of sulfonamides is 1. The van der Waals surface area contributed by atoms with E-state index < -0.39 is 10.0 Å². The first kappa shape index (κ1) is 24.3. The summed E-state index contributed by atoms with van der Waals surface area (Å²) >= 11 is 0. The number of benzene rings is 2. The average Bonchev–Trinajstić information content (AvgIpc) is 2.86. The number of hydrogen-bond acceptors (Lipinski definition) is 5. The number of aryl methyl sites for hydroxylation is 1. The summed E-state index contributed by atoms with van der Waals surface area (Å²) in [6.45, 7) is 5.95. The minimum Gasteiger partial charge on any atom is -0.354 e. The van der Waals surface area contributed by atoms with Crippen molar-refractivity contribution < 1.29 is 12.8 Å². The van der Waals surface area contributed by atoms with E-state index in [2.05, 4.69) is 11.8 Å². The maximum Gasteiger partial charge on any atom is 0.214 e. The number of hydrogen-bond donors (Lipinski definition) is 0. The molecular weight excluding hydrogens is 451 g/mol. The summed E-state index contributed by atoms with van der Waals surface area (Å²) in [5.41, 5.74) is 3.89. The minimum atomic E-state index is -3.23. The number of anilines is 1. The van der Waals surface area contributed by atoms with Crippen LogP contribution in [-0.2, 0) is 22.9 Å². The van der Waals surface area contributed by atoms with Gasteiger partial charge in [-0.15, -0.1) is 0 Å². The van der Waals surface area contributed by atoms with Crippen molar-refractivity contribution in [2.45, 2.75) is 33.1 Å². The molecule has 3 aromatic rings. The van der Waals surface area contributed by atoms with E-state index in [-0.39, 0.29) is 11.6 Å². The smallest absolute Gasteiger partial charge is 0.214 e. The normalized spacial score (nSPS) is 15.0. The molecule has 2 aromatic carbocycles. The standard InChI is InChI=1S/C26H31FN4O2S/c1-3-18-34(32,33)31-16-14-30(15-17-31)26-23(19-20-10-12-22(27)13-11-20)24(4-2)28-25(29-26)21-8-6-5-7-9-21/h5-13H,3-4,14-19H2,1-2H3. The second kappa shape index (κ2) is 10.6. The van der Waals surface area contributed by atoms with Crippen molar-refractivity contribution in [2.75, 3.05) is 36.8 Å². The molecule has 0 radical (unpaired) electrons. The van der Waals surface area contributed by atoms with E-state index in [9.17, 15) is 12.8 Å². The molecule has 4 rings (SSSR count). The van der Waals surface area contributed by atoms with E-state index in [4.69, 9.17) is 9.97 Å². The molecule has 0 amide bonds. The van der Waals surface area contributed by atoms with Crippen LogP contribution in [0.3, 0.4) is 0 Å². The molecule has 1 aliphatic heterocycles. The van der Waals surface area contributed by atoms with Gasteiger partial charge in [0.05, 0.1) is 5.75 Å². The van der Waals surface area contributed by atoms with Crippen LogP contribution >= 0.6 is 0 Å². The van der Waals surface area contributed by atoms with Gasteiger partial charge in [-0.1, -0.05) is 56.3 Å². The van der Waals surface area contributed by atoms with Crippen molar-refractivity contribution >= 4 is 15.8 Å². The lowest BCUT2D eigenvalue weighted by Gasteiger charge is -2.36. The summed E-state index contributed by atoms with van der Waals surface area (Å²) in [7, 11) is -3.23. The fourth-order valence-electron chi connectivity index (χ4n) is 4.34. The minimum absolute atomic E-state index is 0.175. The van der Waals surface area contributed by atoms with Crippen LogP contribution in [-0.4, -0.2) is 54.6 Å². The van der Waals surface area contributed by atoms with E-state index >= 15 is 0 Å². The van der Waals surface area contributed by atoms with Gasteiger partial charge in [0.15, 0.2) is 5.82 Å². The van der Waals surface area contributed by atoms with Gasteiger partial charge < -0.3 is 4.90 Å². The summed E-state index contributed by atoms with van der Waals surface area (Å²) in [5.74, 6) is 1.41. The van der Waals surface area contributed by atoms with E-state index in [0.717, 1.165) is 34.6 Å². The fraction of sp³-hybridized carbons (Fsp3) is 0.385. The molecule has 0 aliphatic carbocycles. The van der Waals surface area contributed by atoms with E-state index in [1.807, 2.05) is 37.3 Å². The molecule has 1 aromatic heterocycles. The summed E-state index contributed by atoms with van der Waals surface area (Å²) in [6.07, 6.45) is 1.93. The lowest BCUT2D eigenvalue weighted by Crippen LogP contribution is -2.49. The van der Waals surface area contributed by atoms with Gasteiger partial charge in [-0.3, -0.25) is 0 Å². The first-order chi connectivity index (χ1) is 16.4. The highest BCUT2D eigenvalue weighted by atomic mass is 32.2. The Morgan fingerprint density at radius 3 is 2.21 bits per heavy atom. The Morgan fingerprint density at radius 2 is 1.59 bits per heavy atom. The molecule has 34 heavy (non-hydrogen) atoms. The second-order valence-corrected chi connectivity index (χ2v) is 10.6. The number of rotatable bonds is 8. The van der Waals surface area contributed by atoms with Crippen LogP contribution in [0.5, 0.6) is 0 Å². The summed E-state index contributed by atoms with van der Waals surface area (Å²) in [5, 5.41) is 0. The van der Waals surface area contributed by atoms with Gasteiger partial charge in [-0.2, -0.15) is 4.31 Å². The Bertz CT molecular complexity index is 1210. The van der Waals surface area contributed by atoms with Crippen molar-refractivity contribution in [1.29, 1.82) is 0 Å². The Hall–Kier alpha value is -2.84. The predicted molar refractivity (Wildman–Crippen MR) is 134 cm³/mol. The second-order valence-electron chi connectivity index (χ2n) is 8.52. The first-order valence-electron chi connectivity index (χ1n) is 11.8. The van der Waals surface area contributed by atoms with Crippen molar-refractivity contribution in [3.05, 3.63) is 77.2 Å². The summed E-state index contributed by atoms with van der Waals surface area (Å²) < 4.78 is 40.2. The van der Waals surface area contributed by atoms with Crippen molar-refractivity contribution in [1.82, 2.24) is 14.3 Å². The zero-order chi connectivity index (χ0) is 24.1. The SMILES string of the molecule is CCCS(=O)(=O)N1CCN(c2nc(-c3ccccc3)nc(CC)c2Cc2ccc(F)cc2)CC1. The Morgan fingerprint density at radius 1 is 0.912 bits per heavy atom. The zero-order valence-electron chi connectivity index (χ0n) is 19.7. The van der Waals surface area contributed by atoms with Crippen LogP contribution in [0.4, 0.5) is 10.2 Å². The molecule has 1 aliphatic rings. The Balaban J connectivity index is 1.72. The van der Waals surface area contributed by atoms with Gasteiger partial charge >= 0.3 is 0 Å². The fourth-order valence-corrected chi connectivity index (χ4v) is 5.83. The monoisotopic (exact) mass is 482 g/mol. The van der Waals surface area contributed by atoms with E-state index in [1.165, 1.54) is 12.1 Å². The molecule has 1 fully saturated rings. The van der Waals surface area contributed by atoms with Crippen molar-refractivity contribution in [3.63, 3.8) is 0 Å².